The zero-order chi connectivity index (χ0) is 13.7. The summed E-state index contributed by atoms with van der Waals surface area (Å²) in [6.45, 7) is 0.843. The van der Waals surface area contributed by atoms with Gasteiger partial charge in [-0.1, -0.05) is 25.0 Å². The van der Waals surface area contributed by atoms with E-state index in [-0.39, 0.29) is 18.6 Å². The van der Waals surface area contributed by atoms with Crippen molar-refractivity contribution in [1.29, 1.82) is 0 Å². The summed E-state index contributed by atoms with van der Waals surface area (Å²) in [7, 11) is 0. The molecule has 0 aliphatic carbocycles. The highest BCUT2D eigenvalue weighted by Crippen LogP contribution is 2.18. The third-order valence-electron chi connectivity index (χ3n) is 3.70. The van der Waals surface area contributed by atoms with Gasteiger partial charge in [-0.15, -0.1) is 12.6 Å². The van der Waals surface area contributed by atoms with Crippen LogP contribution < -0.4 is 0 Å². The Morgan fingerprint density at radius 3 is 2.68 bits per heavy atom. The van der Waals surface area contributed by atoms with Gasteiger partial charge in [-0.05, 0) is 30.5 Å². The number of nitrogens with zero attached hydrogens (tertiary/aromatic N) is 1. The summed E-state index contributed by atoms with van der Waals surface area (Å²) in [5.41, 5.74) is 1.00. The number of aliphatic hydroxyl groups is 1. The Bertz CT molecular complexity index is 419. The van der Waals surface area contributed by atoms with Crippen molar-refractivity contribution in [2.24, 2.45) is 0 Å². The van der Waals surface area contributed by atoms with E-state index in [9.17, 15) is 9.90 Å². The summed E-state index contributed by atoms with van der Waals surface area (Å²) in [6, 6.07) is 7.67. The van der Waals surface area contributed by atoms with Crippen molar-refractivity contribution in [3.63, 3.8) is 0 Å². The molecule has 1 N–H and O–H groups in total. The molecular formula is C15H21NO2S. The first-order valence-electron chi connectivity index (χ1n) is 6.89. The molecule has 1 aliphatic rings. The molecule has 1 fully saturated rings. The number of thiol groups is 1. The topological polar surface area (TPSA) is 40.5 Å². The van der Waals surface area contributed by atoms with Crippen LogP contribution in [0.2, 0.25) is 0 Å². The van der Waals surface area contributed by atoms with Crippen molar-refractivity contribution in [3.8, 4) is 0 Å². The smallest absolute Gasteiger partial charge is 0.227 e. The standard InChI is InChI=1S/C15H21NO2S/c17-11-13-4-2-1-3-9-16(13)15(18)10-12-5-7-14(19)8-6-12/h5-8,13,17,19H,1-4,9-11H2. The van der Waals surface area contributed by atoms with Gasteiger partial charge in [0.1, 0.15) is 0 Å². The molecule has 0 aromatic heterocycles. The van der Waals surface area contributed by atoms with Gasteiger partial charge in [-0.2, -0.15) is 0 Å². The molecule has 0 bridgehead atoms. The van der Waals surface area contributed by atoms with Gasteiger partial charge < -0.3 is 10.0 Å². The number of hydrogen-bond donors (Lipinski definition) is 2. The van der Waals surface area contributed by atoms with E-state index in [1.54, 1.807) is 0 Å². The number of rotatable bonds is 3. The van der Waals surface area contributed by atoms with Gasteiger partial charge >= 0.3 is 0 Å². The Hall–Kier alpha value is -1.00. The minimum absolute atomic E-state index is 0.000785. The van der Waals surface area contributed by atoms with Crippen LogP contribution in [0, 0.1) is 0 Å². The number of hydrogen-bond acceptors (Lipinski definition) is 3. The lowest BCUT2D eigenvalue weighted by atomic mass is 10.1. The highest BCUT2D eigenvalue weighted by atomic mass is 32.1. The minimum Gasteiger partial charge on any atom is -0.394 e. The maximum atomic E-state index is 12.4. The lowest BCUT2D eigenvalue weighted by Crippen LogP contribution is -2.42. The molecule has 4 heteroatoms. The maximum absolute atomic E-state index is 12.4. The third-order valence-corrected chi connectivity index (χ3v) is 4.00. The van der Waals surface area contributed by atoms with E-state index in [4.69, 9.17) is 0 Å². The Kier molecular flexibility index (Phi) is 5.28. The Morgan fingerprint density at radius 2 is 2.00 bits per heavy atom. The second-order valence-electron chi connectivity index (χ2n) is 5.12. The molecule has 1 amide bonds. The molecule has 1 aromatic carbocycles. The molecule has 1 heterocycles. The molecule has 19 heavy (non-hydrogen) atoms. The predicted molar refractivity (Wildman–Crippen MR) is 78.5 cm³/mol. The van der Waals surface area contributed by atoms with Gasteiger partial charge in [0.2, 0.25) is 5.91 Å². The molecule has 1 saturated heterocycles. The SMILES string of the molecule is O=C(Cc1ccc(S)cc1)N1CCCCCC1CO. The van der Waals surface area contributed by atoms with Crippen molar-refractivity contribution >= 4 is 18.5 Å². The number of likely N-dealkylation sites (tertiary alicyclic amines) is 1. The molecule has 0 radical (unpaired) electrons. The molecule has 2 rings (SSSR count). The normalized spacial score (nSPS) is 20.1. The van der Waals surface area contributed by atoms with E-state index >= 15 is 0 Å². The molecule has 1 aliphatic heterocycles. The second-order valence-corrected chi connectivity index (χ2v) is 5.63. The van der Waals surface area contributed by atoms with Crippen LogP contribution in [0.4, 0.5) is 0 Å². The van der Waals surface area contributed by atoms with E-state index in [0.29, 0.717) is 6.42 Å². The van der Waals surface area contributed by atoms with E-state index in [2.05, 4.69) is 12.6 Å². The maximum Gasteiger partial charge on any atom is 0.227 e. The summed E-state index contributed by atoms with van der Waals surface area (Å²) in [5.74, 6) is 0.118. The van der Waals surface area contributed by atoms with Crippen LogP contribution in [-0.2, 0) is 11.2 Å². The minimum atomic E-state index is -0.000785. The fourth-order valence-corrected chi connectivity index (χ4v) is 2.73. The van der Waals surface area contributed by atoms with Gasteiger partial charge in [0.25, 0.3) is 0 Å². The lowest BCUT2D eigenvalue weighted by molar-refractivity contribution is -0.133. The van der Waals surface area contributed by atoms with Crippen LogP contribution in [0.3, 0.4) is 0 Å². The number of amides is 1. The summed E-state index contributed by atoms with van der Waals surface area (Å²) >= 11 is 4.24. The van der Waals surface area contributed by atoms with E-state index < -0.39 is 0 Å². The molecule has 1 unspecified atom stereocenters. The number of benzene rings is 1. The van der Waals surface area contributed by atoms with Gasteiger partial charge in [0, 0.05) is 11.4 Å². The van der Waals surface area contributed by atoms with Crippen LogP contribution in [0.1, 0.15) is 31.2 Å². The zero-order valence-electron chi connectivity index (χ0n) is 11.1. The van der Waals surface area contributed by atoms with Crippen LogP contribution in [0.5, 0.6) is 0 Å². The van der Waals surface area contributed by atoms with Crippen LogP contribution >= 0.6 is 12.6 Å². The van der Waals surface area contributed by atoms with Crippen molar-refractivity contribution in [2.45, 2.75) is 43.0 Å². The molecule has 0 saturated carbocycles. The number of carbonyl (C=O) groups is 1. The first kappa shape index (κ1) is 14.4. The predicted octanol–water partition coefficient (Wildman–Crippen LogP) is 2.28. The van der Waals surface area contributed by atoms with Gasteiger partial charge in [-0.3, -0.25) is 4.79 Å². The van der Waals surface area contributed by atoms with Gasteiger partial charge in [0.05, 0.1) is 19.1 Å². The quantitative estimate of drug-likeness (QED) is 0.833. The highest BCUT2D eigenvalue weighted by Gasteiger charge is 2.24. The van der Waals surface area contributed by atoms with Crippen molar-refractivity contribution < 1.29 is 9.90 Å². The average molecular weight is 279 g/mol. The summed E-state index contributed by atoms with van der Waals surface area (Å²) in [6.07, 6.45) is 4.61. The summed E-state index contributed by atoms with van der Waals surface area (Å²) in [4.78, 5) is 15.1. The number of aliphatic hydroxyl groups excluding tert-OH is 1. The summed E-state index contributed by atoms with van der Waals surface area (Å²) < 4.78 is 0. The van der Waals surface area contributed by atoms with Crippen LogP contribution in [0.15, 0.2) is 29.2 Å². The van der Waals surface area contributed by atoms with Gasteiger partial charge in [-0.25, -0.2) is 0 Å². The van der Waals surface area contributed by atoms with E-state index in [1.807, 2.05) is 29.2 Å². The first-order chi connectivity index (χ1) is 9.20. The second kappa shape index (κ2) is 6.96. The van der Waals surface area contributed by atoms with Crippen molar-refractivity contribution in [3.05, 3.63) is 29.8 Å². The molecule has 1 aromatic rings. The van der Waals surface area contributed by atoms with Gasteiger partial charge in [0.15, 0.2) is 0 Å². The third kappa shape index (κ3) is 3.98. The van der Waals surface area contributed by atoms with Crippen LogP contribution in [-0.4, -0.2) is 35.1 Å². The Labute approximate surface area is 120 Å². The molecule has 1 atom stereocenters. The molecule has 3 nitrogen and oxygen atoms in total. The highest BCUT2D eigenvalue weighted by molar-refractivity contribution is 7.80. The molecule has 0 spiro atoms. The van der Waals surface area contributed by atoms with E-state index in [1.165, 1.54) is 0 Å². The lowest BCUT2D eigenvalue weighted by Gasteiger charge is -2.28. The summed E-state index contributed by atoms with van der Waals surface area (Å²) in [5, 5.41) is 9.43. The Morgan fingerprint density at radius 1 is 1.26 bits per heavy atom. The largest absolute Gasteiger partial charge is 0.394 e. The van der Waals surface area contributed by atoms with E-state index in [0.717, 1.165) is 42.7 Å². The van der Waals surface area contributed by atoms with Crippen molar-refractivity contribution in [1.82, 2.24) is 4.90 Å². The zero-order valence-corrected chi connectivity index (χ0v) is 12.0. The first-order valence-corrected chi connectivity index (χ1v) is 7.33. The van der Waals surface area contributed by atoms with Crippen LogP contribution in [0.25, 0.3) is 0 Å². The van der Waals surface area contributed by atoms with Crippen molar-refractivity contribution in [2.75, 3.05) is 13.2 Å². The number of carbonyl (C=O) groups excluding carboxylic acids is 1. The Balaban J connectivity index is 2.02. The monoisotopic (exact) mass is 279 g/mol. The molecule has 104 valence electrons. The molecular weight excluding hydrogens is 258 g/mol. The fraction of sp³-hybridized carbons (Fsp3) is 0.533. The average Bonchev–Trinajstić information content (AvgIpc) is 2.66. The fourth-order valence-electron chi connectivity index (χ4n) is 2.59.